The van der Waals surface area contributed by atoms with Crippen molar-refractivity contribution in [3.05, 3.63) is 42.3 Å². The number of pyridine rings is 1. The third kappa shape index (κ3) is 3.33. The van der Waals surface area contributed by atoms with E-state index in [1.807, 2.05) is 23.6 Å². The molecule has 0 fully saturated rings. The Morgan fingerprint density at radius 3 is 2.79 bits per heavy atom. The smallest absolute Gasteiger partial charge is 0.339 e. The zero-order chi connectivity index (χ0) is 16.9. The van der Waals surface area contributed by atoms with Gasteiger partial charge in [-0.1, -0.05) is 0 Å². The fourth-order valence-corrected chi connectivity index (χ4v) is 2.94. The maximum absolute atomic E-state index is 11.6. The van der Waals surface area contributed by atoms with Crippen LogP contribution in [0.15, 0.2) is 51.3 Å². The highest BCUT2D eigenvalue weighted by Crippen LogP contribution is 2.28. The molecular weight excluding hydrogens is 328 g/mol. The van der Waals surface area contributed by atoms with Crippen LogP contribution in [0, 0.1) is 0 Å². The number of nitrogens with zero attached hydrogens (tertiary/aromatic N) is 4. The molecule has 0 atom stereocenters. The van der Waals surface area contributed by atoms with Gasteiger partial charge in [0, 0.05) is 12.7 Å². The highest BCUT2D eigenvalue weighted by Gasteiger charge is 2.16. The molecule has 0 amide bonds. The van der Waals surface area contributed by atoms with Gasteiger partial charge in [0.25, 0.3) is 0 Å². The van der Waals surface area contributed by atoms with E-state index in [0.29, 0.717) is 35.5 Å². The normalized spacial score (nSPS) is 10.8. The minimum atomic E-state index is -0.376. The Balaban J connectivity index is 1.80. The molecule has 124 valence electrons. The van der Waals surface area contributed by atoms with Crippen LogP contribution in [0.1, 0.15) is 24.2 Å². The molecule has 0 aliphatic heterocycles. The molecule has 0 bridgehead atoms. The van der Waals surface area contributed by atoms with Crippen LogP contribution in [-0.2, 0) is 11.3 Å². The molecule has 0 unspecified atom stereocenters. The summed E-state index contributed by atoms with van der Waals surface area (Å²) in [5, 5.41) is 9.83. The van der Waals surface area contributed by atoms with Gasteiger partial charge in [-0.15, -0.1) is 10.2 Å². The van der Waals surface area contributed by atoms with Gasteiger partial charge in [-0.25, -0.2) is 9.78 Å². The van der Waals surface area contributed by atoms with Crippen LogP contribution in [0.2, 0.25) is 0 Å². The Kier molecular flexibility index (Phi) is 4.95. The molecule has 3 aromatic rings. The van der Waals surface area contributed by atoms with Crippen LogP contribution in [-0.4, -0.2) is 32.3 Å². The van der Waals surface area contributed by atoms with Crippen molar-refractivity contribution in [2.24, 2.45) is 0 Å². The molecule has 7 nitrogen and oxygen atoms in total. The van der Waals surface area contributed by atoms with E-state index in [2.05, 4.69) is 15.2 Å². The van der Waals surface area contributed by atoms with Gasteiger partial charge >= 0.3 is 5.97 Å². The number of hydrogen-bond acceptors (Lipinski definition) is 7. The molecule has 3 rings (SSSR count). The summed E-state index contributed by atoms with van der Waals surface area (Å²) in [6, 6.07) is 7.11. The predicted octanol–water partition coefficient (Wildman–Crippen LogP) is 3.28. The van der Waals surface area contributed by atoms with Gasteiger partial charge in [-0.3, -0.25) is 4.57 Å². The Morgan fingerprint density at radius 2 is 2.17 bits per heavy atom. The largest absolute Gasteiger partial charge is 0.462 e. The van der Waals surface area contributed by atoms with Gasteiger partial charge in [-0.2, -0.15) is 0 Å². The van der Waals surface area contributed by atoms with Crippen LogP contribution < -0.4 is 0 Å². The van der Waals surface area contributed by atoms with Gasteiger partial charge in [0.05, 0.1) is 18.4 Å². The van der Waals surface area contributed by atoms with E-state index in [-0.39, 0.29) is 5.97 Å². The van der Waals surface area contributed by atoms with Gasteiger partial charge < -0.3 is 9.15 Å². The Hall–Kier alpha value is -2.61. The number of furan rings is 1. The lowest BCUT2D eigenvalue weighted by atomic mass is 10.3. The molecule has 0 aromatic carbocycles. The first-order valence-corrected chi connectivity index (χ1v) is 8.32. The molecule has 0 aliphatic rings. The second kappa shape index (κ2) is 7.31. The van der Waals surface area contributed by atoms with Crippen LogP contribution in [0.5, 0.6) is 0 Å². The van der Waals surface area contributed by atoms with Crippen molar-refractivity contribution in [1.29, 1.82) is 0 Å². The third-order valence-electron chi connectivity index (χ3n) is 3.22. The average Bonchev–Trinajstić information content (AvgIpc) is 3.24. The molecule has 0 N–H and O–H groups in total. The fraction of sp³-hybridized carbons (Fsp3) is 0.250. The van der Waals surface area contributed by atoms with Crippen molar-refractivity contribution >= 4 is 17.7 Å². The Bertz CT molecular complexity index is 812. The monoisotopic (exact) mass is 344 g/mol. The number of rotatable bonds is 6. The lowest BCUT2D eigenvalue weighted by molar-refractivity contribution is 0.0525. The number of esters is 1. The Labute approximate surface area is 143 Å². The minimum absolute atomic E-state index is 0.338. The molecule has 0 saturated carbocycles. The predicted molar refractivity (Wildman–Crippen MR) is 87.7 cm³/mol. The molecule has 0 saturated heterocycles. The van der Waals surface area contributed by atoms with Crippen molar-refractivity contribution in [2.45, 2.75) is 30.6 Å². The molecular formula is C16H16N4O3S. The molecule has 24 heavy (non-hydrogen) atoms. The zero-order valence-corrected chi connectivity index (χ0v) is 14.1. The number of carbonyl (C=O) groups is 1. The Morgan fingerprint density at radius 1 is 1.29 bits per heavy atom. The second-order valence-electron chi connectivity index (χ2n) is 4.74. The molecule has 8 heteroatoms. The van der Waals surface area contributed by atoms with E-state index in [1.165, 1.54) is 18.0 Å². The third-order valence-corrected chi connectivity index (χ3v) is 4.15. The summed E-state index contributed by atoms with van der Waals surface area (Å²) >= 11 is 1.38. The highest BCUT2D eigenvalue weighted by atomic mass is 32.2. The van der Waals surface area contributed by atoms with Crippen LogP contribution in [0.4, 0.5) is 0 Å². The summed E-state index contributed by atoms with van der Waals surface area (Å²) in [6.07, 6.45) is 3.10. The zero-order valence-electron chi connectivity index (χ0n) is 13.3. The average molecular weight is 344 g/mol. The first kappa shape index (κ1) is 16.3. The summed E-state index contributed by atoms with van der Waals surface area (Å²) in [7, 11) is 0. The fourth-order valence-electron chi connectivity index (χ4n) is 2.11. The van der Waals surface area contributed by atoms with E-state index in [0.717, 1.165) is 5.03 Å². The van der Waals surface area contributed by atoms with Crippen molar-refractivity contribution in [3.8, 4) is 11.6 Å². The van der Waals surface area contributed by atoms with Crippen LogP contribution in [0.3, 0.4) is 0 Å². The lowest BCUT2D eigenvalue weighted by Crippen LogP contribution is -2.05. The minimum Gasteiger partial charge on any atom is -0.462 e. The van der Waals surface area contributed by atoms with Gasteiger partial charge in [-0.05, 0) is 49.9 Å². The van der Waals surface area contributed by atoms with Crippen LogP contribution in [0.25, 0.3) is 11.6 Å². The maximum Gasteiger partial charge on any atom is 0.339 e. The van der Waals surface area contributed by atoms with E-state index in [9.17, 15) is 4.79 Å². The number of carbonyl (C=O) groups excluding carboxylic acids is 1. The summed E-state index contributed by atoms with van der Waals surface area (Å²) < 4.78 is 12.3. The van der Waals surface area contributed by atoms with Crippen LogP contribution >= 0.6 is 11.8 Å². The summed E-state index contributed by atoms with van der Waals surface area (Å²) in [5.41, 5.74) is 0.425. The van der Waals surface area contributed by atoms with E-state index in [4.69, 9.17) is 9.15 Å². The van der Waals surface area contributed by atoms with Crippen molar-refractivity contribution in [1.82, 2.24) is 19.7 Å². The first-order valence-electron chi connectivity index (χ1n) is 7.51. The van der Waals surface area contributed by atoms with E-state index >= 15 is 0 Å². The molecule has 0 aliphatic carbocycles. The lowest BCUT2D eigenvalue weighted by Gasteiger charge is -2.06. The number of hydrogen-bond donors (Lipinski definition) is 0. The van der Waals surface area contributed by atoms with Gasteiger partial charge in [0.1, 0.15) is 5.03 Å². The quantitative estimate of drug-likeness (QED) is 0.635. The number of aromatic nitrogens is 4. The standard InChI is InChI=1S/C16H16N4O3S/c1-3-20-14(12-6-5-9-23-12)18-19-16(20)24-13-8-7-11(10-17-13)15(21)22-4-2/h5-10H,3-4H2,1-2H3. The topological polar surface area (TPSA) is 83.0 Å². The van der Waals surface area contributed by atoms with Crippen molar-refractivity contribution in [3.63, 3.8) is 0 Å². The maximum atomic E-state index is 11.6. The SMILES string of the molecule is CCOC(=O)c1ccc(Sc2nnc(-c3ccco3)n2CC)nc1. The summed E-state index contributed by atoms with van der Waals surface area (Å²) in [6.45, 7) is 4.82. The first-order chi connectivity index (χ1) is 11.7. The summed E-state index contributed by atoms with van der Waals surface area (Å²) in [4.78, 5) is 15.9. The van der Waals surface area contributed by atoms with Crippen molar-refractivity contribution in [2.75, 3.05) is 6.61 Å². The van der Waals surface area contributed by atoms with Crippen molar-refractivity contribution < 1.29 is 13.9 Å². The second-order valence-corrected chi connectivity index (χ2v) is 5.72. The van der Waals surface area contributed by atoms with E-state index < -0.39 is 0 Å². The van der Waals surface area contributed by atoms with Gasteiger partial charge in [0.2, 0.25) is 0 Å². The highest BCUT2D eigenvalue weighted by molar-refractivity contribution is 7.99. The summed E-state index contributed by atoms with van der Waals surface area (Å²) in [5.74, 6) is 0.966. The molecule has 0 spiro atoms. The molecule has 0 radical (unpaired) electrons. The molecule has 3 heterocycles. The number of ether oxygens (including phenoxy) is 1. The van der Waals surface area contributed by atoms with E-state index in [1.54, 1.807) is 25.3 Å². The van der Waals surface area contributed by atoms with Gasteiger partial charge in [0.15, 0.2) is 16.7 Å². The molecule has 3 aromatic heterocycles.